The standard InChI is InChI=1S/C18H18BrF6N3O/c1-10(17(20,21)22)8-13(15(29)28-16(9-26)6-7-16)27-14(18(23,24)25)11-2-4-12(19)5-3-11/h2-5,10,13-14,27H,6-8H2,1H3,(H,28,29)/t10-,13-,14-/m0/s1. The van der Waals surface area contributed by atoms with Gasteiger partial charge in [-0.3, -0.25) is 10.1 Å². The average Bonchev–Trinajstić information content (AvgIpc) is 3.37. The molecule has 0 saturated heterocycles. The Balaban J connectivity index is 2.30. The van der Waals surface area contributed by atoms with E-state index in [0.29, 0.717) is 17.3 Å². The molecule has 0 aromatic heterocycles. The number of carbonyl (C=O) groups is 1. The second-order valence-electron chi connectivity index (χ2n) is 7.11. The van der Waals surface area contributed by atoms with E-state index in [1.165, 1.54) is 12.1 Å². The molecule has 11 heteroatoms. The number of halogens is 7. The van der Waals surface area contributed by atoms with Crippen LogP contribution in [0, 0.1) is 17.2 Å². The minimum atomic E-state index is -4.86. The van der Waals surface area contributed by atoms with Crippen molar-refractivity contribution >= 4 is 21.8 Å². The van der Waals surface area contributed by atoms with E-state index in [4.69, 9.17) is 5.26 Å². The third-order valence-electron chi connectivity index (χ3n) is 4.69. The third kappa shape index (κ3) is 6.34. The second-order valence-corrected chi connectivity index (χ2v) is 8.02. The molecule has 0 radical (unpaired) electrons. The topological polar surface area (TPSA) is 64.9 Å². The Hall–Kier alpha value is -1.80. The number of benzene rings is 1. The Morgan fingerprint density at radius 2 is 1.72 bits per heavy atom. The van der Waals surface area contributed by atoms with Crippen molar-refractivity contribution in [3.63, 3.8) is 0 Å². The van der Waals surface area contributed by atoms with E-state index in [1.54, 1.807) is 0 Å². The molecule has 160 valence electrons. The first-order valence-corrected chi connectivity index (χ1v) is 9.45. The summed E-state index contributed by atoms with van der Waals surface area (Å²) in [5.41, 5.74) is -1.47. The minimum Gasteiger partial charge on any atom is -0.336 e. The fraction of sp³-hybridized carbons (Fsp3) is 0.556. The number of rotatable bonds is 7. The van der Waals surface area contributed by atoms with Gasteiger partial charge in [0.2, 0.25) is 5.91 Å². The van der Waals surface area contributed by atoms with Gasteiger partial charge in [-0.1, -0.05) is 35.0 Å². The van der Waals surface area contributed by atoms with Gasteiger partial charge in [-0.25, -0.2) is 0 Å². The zero-order chi connectivity index (χ0) is 22.0. The monoisotopic (exact) mass is 485 g/mol. The Morgan fingerprint density at radius 1 is 1.17 bits per heavy atom. The maximum absolute atomic E-state index is 13.6. The lowest BCUT2D eigenvalue weighted by molar-refractivity contribution is -0.177. The first kappa shape index (κ1) is 23.5. The number of carbonyl (C=O) groups excluding carboxylic acids is 1. The zero-order valence-electron chi connectivity index (χ0n) is 15.2. The molecule has 1 fully saturated rings. The van der Waals surface area contributed by atoms with E-state index >= 15 is 0 Å². The van der Waals surface area contributed by atoms with E-state index in [1.807, 2.05) is 11.4 Å². The molecule has 0 bridgehead atoms. The lowest BCUT2D eigenvalue weighted by Gasteiger charge is -2.30. The highest BCUT2D eigenvalue weighted by molar-refractivity contribution is 9.10. The molecular weight excluding hydrogens is 468 g/mol. The van der Waals surface area contributed by atoms with Gasteiger partial charge in [0.05, 0.1) is 18.0 Å². The highest BCUT2D eigenvalue weighted by Crippen LogP contribution is 2.37. The van der Waals surface area contributed by atoms with Crippen LogP contribution in [0.4, 0.5) is 26.3 Å². The SMILES string of the molecule is C[C@@H](C[C@H](N[C@@H](c1ccc(Br)cc1)C(F)(F)F)C(=O)NC1(C#N)CC1)C(F)(F)F. The van der Waals surface area contributed by atoms with E-state index in [0.717, 1.165) is 19.1 Å². The Morgan fingerprint density at radius 3 is 2.14 bits per heavy atom. The molecule has 4 nitrogen and oxygen atoms in total. The van der Waals surface area contributed by atoms with Crippen molar-refractivity contribution in [1.29, 1.82) is 5.26 Å². The van der Waals surface area contributed by atoms with Crippen molar-refractivity contribution < 1.29 is 31.1 Å². The Bertz CT molecular complexity index is 768. The van der Waals surface area contributed by atoms with E-state index < -0.39 is 48.2 Å². The van der Waals surface area contributed by atoms with Gasteiger partial charge in [0, 0.05) is 4.47 Å². The Labute approximate surface area is 171 Å². The number of hydrogen-bond acceptors (Lipinski definition) is 3. The van der Waals surface area contributed by atoms with Crippen LogP contribution in [0.1, 0.15) is 37.8 Å². The molecule has 1 aromatic carbocycles. The fourth-order valence-electron chi connectivity index (χ4n) is 2.69. The quantitative estimate of drug-likeness (QED) is 0.546. The van der Waals surface area contributed by atoms with E-state index in [-0.39, 0.29) is 5.56 Å². The van der Waals surface area contributed by atoms with Gasteiger partial charge in [0.1, 0.15) is 11.6 Å². The highest BCUT2D eigenvalue weighted by Gasteiger charge is 2.49. The van der Waals surface area contributed by atoms with Crippen molar-refractivity contribution in [1.82, 2.24) is 10.6 Å². The molecule has 29 heavy (non-hydrogen) atoms. The lowest BCUT2D eigenvalue weighted by atomic mass is 9.97. The lowest BCUT2D eigenvalue weighted by Crippen LogP contribution is -2.52. The maximum Gasteiger partial charge on any atom is 0.407 e. The molecule has 1 aliphatic rings. The van der Waals surface area contributed by atoms with Crippen molar-refractivity contribution in [2.24, 2.45) is 5.92 Å². The summed E-state index contributed by atoms with van der Waals surface area (Å²) in [6.07, 6.45) is -9.85. The molecule has 1 aliphatic carbocycles. The van der Waals surface area contributed by atoms with Crippen molar-refractivity contribution in [2.75, 3.05) is 0 Å². The van der Waals surface area contributed by atoms with Crippen molar-refractivity contribution in [2.45, 2.75) is 56.2 Å². The molecule has 1 aromatic rings. The van der Waals surface area contributed by atoms with Gasteiger partial charge >= 0.3 is 12.4 Å². The van der Waals surface area contributed by atoms with Gasteiger partial charge in [-0.15, -0.1) is 0 Å². The van der Waals surface area contributed by atoms with Gasteiger partial charge in [0.25, 0.3) is 0 Å². The molecule has 2 rings (SSSR count). The smallest absolute Gasteiger partial charge is 0.336 e. The zero-order valence-corrected chi connectivity index (χ0v) is 16.7. The van der Waals surface area contributed by atoms with Crippen LogP contribution >= 0.6 is 15.9 Å². The van der Waals surface area contributed by atoms with Crippen LogP contribution in [-0.4, -0.2) is 29.8 Å². The largest absolute Gasteiger partial charge is 0.407 e. The normalized spacial score (nSPS) is 19.0. The molecule has 0 unspecified atom stereocenters. The molecule has 0 heterocycles. The van der Waals surface area contributed by atoms with Crippen LogP contribution in [0.25, 0.3) is 0 Å². The number of nitrogens with one attached hydrogen (secondary N) is 2. The first-order chi connectivity index (χ1) is 13.3. The molecule has 3 atom stereocenters. The summed E-state index contributed by atoms with van der Waals surface area (Å²) in [5, 5.41) is 13.4. The van der Waals surface area contributed by atoms with Crippen molar-refractivity contribution in [3.8, 4) is 6.07 Å². The minimum absolute atomic E-state index is 0.250. The number of alkyl halides is 6. The van der Waals surface area contributed by atoms with Crippen molar-refractivity contribution in [3.05, 3.63) is 34.3 Å². The van der Waals surface area contributed by atoms with Crippen LogP contribution in [-0.2, 0) is 4.79 Å². The summed E-state index contributed by atoms with van der Waals surface area (Å²) in [4.78, 5) is 12.5. The number of nitriles is 1. The van der Waals surface area contributed by atoms with Gasteiger partial charge < -0.3 is 5.32 Å². The number of hydrogen-bond donors (Lipinski definition) is 2. The second kappa shape index (κ2) is 8.52. The molecule has 1 saturated carbocycles. The third-order valence-corrected chi connectivity index (χ3v) is 5.22. The summed E-state index contributed by atoms with van der Waals surface area (Å²) in [7, 11) is 0. The summed E-state index contributed by atoms with van der Waals surface area (Å²) in [6.45, 7) is 0.793. The van der Waals surface area contributed by atoms with Gasteiger partial charge in [-0.2, -0.15) is 31.6 Å². The van der Waals surface area contributed by atoms with E-state index in [9.17, 15) is 31.1 Å². The summed E-state index contributed by atoms with van der Waals surface area (Å²) in [6, 6.07) is 2.72. The van der Waals surface area contributed by atoms with Crippen LogP contribution in [0.3, 0.4) is 0 Å². The summed E-state index contributed by atoms with van der Waals surface area (Å²) >= 11 is 3.10. The van der Waals surface area contributed by atoms with Crippen LogP contribution in [0.2, 0.25) is 0 Å². The number of nitrogens with zero attached hydrogens (tertiary/aromatic N) is 1. The van der Waals surface area contributed by atoms with Crippen LogP contribution < -0.4 is 10.6 Å². The molecule has 0 aliphatic heterocycles. The van der Waals surface area contributed by atoms with Crippen LogP contribution in [0.15, 0.2) is 28.7 Å². The predicted octanol–water partition coefficient (Wildman–Crippen LogP) is 4.77. The fourth-order valence-corrected chi connectivity index (χ4v) is 2.95. The van der Waals surface area contributed by atoms with E-state index in [2.05, 4.69) is 21.2 Å². The maximum atomic E-state index is 13.6. The molecular formula is C18H18BrF6N3O. The Kier molecular flexibility index (Phi) is 6.89. The van der Waals surface area contributed by atoms with Gasteiger partial charge in [0.15, 0.2) is 0 Å². The predicted molar refractivity (Wildman–Crippen MR) is 95.4 cm³/mol. The summed E-state index contributed by atoms with van der Waals surface area (Å²) in [5.74, 6) is -3.09. The molecule has 1 amide bonds. The summed E-state index contributed by atoms with van der Waals surface area (Å²) < 4.78 is 80.4. The highest BCUT2D eigenvalue weighted by atomic mass is 79.9. The van der Waals surface area contributed by atoms with Gasteiger partial charge in [-0.05, 0) is 37.0 Å². The average molecular weight is 486 g/mol. The molecule has 0 spiro atoms. The first-order valence-electron chi connectivity index (χ1n) is 8.65. The van der Waals surface area contributed by atoms with Crippen LogP contribution in [0.5, 0.6) is 0 Å². The number of amides is 1. The molecule has 2 N–H and O–H groups in total.